The van der Waals surface area contributed by atoms with Gasteiger partial charge in [-0.1, -0.05) is 31.5 Å². The quantitative estimate of drug-likeness (QED) is 0.271. The number of hydrogen-bond donors (Lipinski definition) is 2. The van der Waals surface area contributed by atoms with Gasteiger partial charge >= 0.3 is 0 Å². The monoisotopic (exact) mass is 479 g/mol. The van der Waals surface area contributed by atoms with E-state index in [1.165, 1.54) is 0 Å². The number of aromatic nitrogens is 3. The summed E-state index contributed by atoms with van der Waals surface area (Å²) in [5, 5.41) is 2.99. The van der Waals surface area contributed by atoms with Crippen molar-refractivity contribution < 1.29 is 9.53 Å². The molecule has 0 spiro atoms. The molecule has 0 aliphatic rings. The molecule has 7 heteroatoms. The minimum absolute atomic E-state index is 0.279. The van der Waals surface area contributed by atoms with E-state index in [-0.39, 0.29) is 11.7 Å². The predicted octanol–water partition coefficient (Wildman–Crippen LogP) is 6.20. The van der Waals surface area contributed by atoms with Crippen LogP contribution in [-0.4, -0.2) is 27.0 Å². The van der Waals surface area contributed by atoms with Crippen molar-refractivity contribution in [2.75, 3.05) is 17.7 Å². The van der Waals surface area contributed by atoms with E-state index < -0.39 is 0 Å². The number of amides is 1. The van der Waals surface area contributed by atoms with E-state index in [2.05, 4.69) is 12.2 Å². The van der Waals surface area contributed by atoms with Gasteiger partial charge in [0.05, 0.1) is 17.6 Å². The number of aryl methyl sites for hydroxylation is 2. The number of ether oxygens (including phenoxy) is 1. The zero-order valence-electron chi connectivity index (χ0n) is 20.7. The zero-order valence-corrected chi connectivity index (χ0v) is 20.7. The standard InChI is InChI=1S/C29H29N5O2/c1-4-5-16-36-22-14-12-21(13-15-22)34-27(30)25(29(35)31-20-11-10-18(2)19(3)17-20)26-28(34)33-24-9-7-6-8-23(24)32-26/h6-15,17H,4-5,16,30H2,1-3H3,(H,31,35). The average molecular weight is 480 g/mol. The number of nitrogens with one attached hydrogen (secondary N) is 1. The fraction of sp³-hybridized carbons (Fsp3) is 0.207. The number of benzene rings is 3. The third-order valence-corrected chi connectivity index (χ3v) is 6.35. The molecule has 0 radical (unpaired) electrons. The Hall–Kier alpha value is -4.39. The molecule has 0 saturated heterocycles. The molecular formula is C29H29N5O2. The van der Waals surface area contributed by atoms with Crippen LogP contribution in [0.3, 0.4) is 0 Å². The highest BCUT2D eigenvalue weighted by atomic mass is 16.5. The Balaban J connectivity index is 1.62. The van der Waals surface area contributed by atoms with Crippen molar-refractivity contribution >= 4 is 39.6 Å². The summed E-state index contributed by atoms with van der Waals surface area (Å²) in [6.07, 6.45) is 2.07. The maximum atomic E-state index is 13.5. The lowest BCUT2D eigenvalue weighted by molar-refractivity contribution is 0.102. The minimum Gasteiger partial charge on any atom is -0.494 e. The Bertz CT molecular complexity index is 1570. The first-order valence-electron chi connectivity index (χ1n) is 12.1. The summed E-state index contributed by atoms with van der Waals surface area (Å²) in [7, 11) is 0. The Morgan fingerprint density at radius 3 is 2.39 bits per heavy atom. The van der Waals surface area contributed by atoms with Crippen molar-refractivity contribution in [1.29, 1.82) is 0 Å². The molecular weight excluding hydrogens is 450 g/mol. The maximum Gasteiger partial charge on any atom is 0.261 e. The molecule has 36 heavy (non-hydrogen) atoms. The molecule has 2 heterocycles. The third kappa shape index (κ3) is 4.35. The van der Waals surface area contributed by atoms with E-state index in [1.807, 2.05) is 80.6 Å². The summed E-state index contributed by atoms with van der Waals surface area (Å²) in [4.78, 5) is 23.2. The number of unbranched alkanes of at least 4 members (excludes halogenated alkanes) is 1. The molecule has 0 saturated carbocycles. The highest BCUT2D eigenvalue weighted by Gasteiger charge is 2.25. The van der Waals surface area contributed by atoms with Crippen molar-refractivity contribution in [2.24, 2.45) is 0 Å². The summed E-state index contributed by atoms with van der Waals surface area (Å²) in [6, 6.07) is 21.0. The number of fused-ring (bicyclic) bond motifs is 2. The Labute approximate surface area is 209 Å². The summed E-state index contributed by atoms with van der Waals surface area (Å²) in [5.41, 5.74) is 13.1. The summed E-state index contributed by atoms with van der Waals surface area (Å²) < 4.78 is 7.59. The minimum atomic E-state index is -0.330. The van der Waals surface area contributed by atoms with Gasteiger partial charge in [-0.15, -0.1) is 0 Å². The largest absolute Gasteiger partial charge is 0.494 e. The second-order valence-corrected chi connectivity index (χ2v) is 8.93. The van der Waals surface area contributed by atoms with Crippen molar-refractivity contribution in [1.82, 2.24) is 14.5 Å². The number of nitrogens with two attached hydrogens (primary N) is 1. The van der Waals surface area contributed by atoms with Gasteiger partial charge in [0.15, 0.2) is 5.65 Å². The van der Waals surface area contributed by atoms with E-state index in [0.29, 0.717) is 34.5 Å². The smallest absolute Gasteiger partial charge is 0.261 e. The van der Waals surface area contributed by atoms with Gasteiger partial charge in [0.1, 0.15) is 22.6 Å². The topological polar surface area (TPSA) is 95.1 Å². The second kappa shape index (κ2) is 9.70. The van der Waals surface area contributed by atoms with Gasteiger partial charge in [0.25, 0.3) is 5.91 Å². The number of para-hydroxylation sites is 2. The molecule has 0 unspecified atom stereocenters. The lowest BCUT2D eigenvalue weighted by Gasteiger charge is -2.10. The fourth-order valence-electron chi connectivity index (χ4n) is 4.19. The molecule has 0 fully saturated rings. The number of anilines is 2. The lowest BCUT2D eigenvalue weighted by atomic mass is 10.1. The van der Waals surface area contributed by atoms with Crippen molar-refractivity contribution in [2.45, 2.75) is 33.6 Å². The van der Waals surface area contributed by atoms with Gasteiger partial charge in [0, 0.05) is 11.4 Å². The first-order chi connectivity index (χ1) is 17.5. The van der Waals surface area contributed by atoms with Crippen LogP contribution < -0.4 is 15.8 Å². The van der Waals surface area contributed by atoms with Gasteiger partial charge in [-0.2, -0.15) is 0 Å². The molecule has 5 rings (SSSR count). The normalized spacial score (nSPS) is 11.2. The van der Waals surface area contributed by atoms with E-state index >= 15 is 0 Å². The number of nitrogen functional groups attached to an aromatic ring is 1. The van der Waals surface area contributed by atoms with E-state index in [0.717, 1.165) is 40.9 Å². The number of rotatable bonds is 7. The Morgan fingerprint density at radius 1 is 0.972 bits per heavy atom. The summed E-state index contributed by atoms with van der Waals surface area (Å²) in [6.45, 7) is 6.85. The molecule has 3 aromatic carbocycles. The molecule has 5 aromatic rings. The van der Waals surface area contributed by atoms with Crippen LogP contribution in [0, 0.1) is 13.8 Å². The van der Waals surface area contributed by atoms with E-state index in [9.17, 15) is 4.79 Å². The van der Waals surface area contributed by atoms with Crippen LogP contribution >= 0.6 is 0 Å². The second-order valence-electron chi connectivity index (χ2n) is 8.93. The van der Waals surface area contributed by atoms with E-state index in [1.54, 1.807) is 4.57 Å². The molecule has 1 amide bonds. The Kier molecular flexibility index (Phi) is 6.29. The van der Waals surface area contributed by atoms with Gasteiger partial charge < -0.3 is 15.8 Å². The maximum absolute atomic E-state index is 13.5. The van der Waals surface area contributed by atoms with Crippen LogP contribution in [0.15, 0.2) is 66.7 Å². The van der Waals surface area contributed by atoms with Crippen molar-refractivity contribution in [3.8, 4) is 11.4 Å². The number of carbonyl (C=O) groups excluding carboxylic acids is 1. The van der Waals surface area contributed by atoms with Gasteiger partial charge in [0.2, 0.25) is 0 Å². The first-order valence-corrected chi connectivity index (χ1v) is 12.1. The van der Waals surface area contributed by atoms with Crippen LogP contribution in [0.25, 0.3) is 27.9 Å². The van der Waals surface area contributed by atoms with Gasteiger partial charge in [-0.25, -0.2) is 9.97 Å². The van der Waals surface area contributed by atoms with Crippen LogP contribution in [0.1, 0.15) is 41.3 Å². The summed E-state index contributed by atoms with van der Waals surface area (Å²) >= 11 is 0. The molecule has 182 valence electrons. The third-order valence-electron chi connectivity index (χ3n) is 6.35. The highest BCUT2D eigenvalue weighted by Crippen LogP contribution is 2.32. The van der Waals surface area contributed by atoms with Crippen LogP contribution in [0.2, 0.25) is 0 Å². The Morgan fingerprint density at radius 2 is 1.69 bits per heavy atom. The molecule has 0 aliphatic carbocycles. The lowest BCUT2D eigenvalue weighted by Crippen LogP contribution is -2.14. The number of carbonyl (C=O) groups is 1. The zero-order chi connectivity index (χ0) is 25.2. The van der Waals surface area contributed by atoms with Gasteiger partial charge in [-0.3, -0.25) is 9.36 Å². The van der Waals surface area contributed by atoms with Crippen LogP contribution in [0.5, 0.6) is 5.75 Å². The van der Waals surface area contributed by atoms with Crippen LogP contribution in [0.4, 0.5) is 11.5 Å². The molecule has 7 nitrogen and oxygen atoms in total. The summed E-state index contributed by atoms with van der Waals surface area (Å²) in [5.74, 6) is 0.733. The highest BCUT2D eigenvalue weighted by molar-refractivity contribution is 6.16. The SMILES string of the molecule is CCCCOc1ccc(-n2c(N)c(C(=O)Nc3ccc(C)c(C)c3)c3nc4ccccc4nc32)cc1. The number of nitrogens with zero attached hydrogens (tertiary/aromatic N) is 3. The first kappa shape index (κ1) is 23.4. The predicted molar refractivity (Wildman–Crippen MR) is 145 cm³/mol. The molecule has 2 aromatic heterocycles. The number of hydrogen-bond acceptors (Lipinski definition) is 5. The molecule has 0 aliphatic heterocycles. The van der Waals surface area contributed by atoms with Crippen molar-refractivity contribution in [3.63, 3.8) is 0 Å². The average Bonchev–Trinajstić information content (AvgIpc) is 3.16. The molecule has 3 N–H and O–H groups in total. The fourth-order valence-corrected chi connectivity index (χ4v) is 4.19. The molecule has 0 atom stereocenters. The molecule has 0 bridgehead atoms. The van der Waals surface area contributed by atoms with E-state index in [4.69, 9.17) is 20.4 Å². The van der Waals surface area contributed by atoms with Crippen LogP contribution in [-0.2, 0) is 0 Å². The van der Waals surface area contributed by atoms with Crippen molar-refractivity contribution in [3.05, 3.63) is 83.4 Å². The van der Waals surface area contributed by atoms with Gasteiger partial charge in [-0.05, 0) is 79.9 Å².